The van der Waals surface area contributed by atoms with Crippen LogP contribution in [0.5, 0.6) is 23.0 Å². The topological polar surface area (TPSA) is 93.1 Å². The summed E-state index contributed by atoms with van der Waals surface area (Å²) in [5.74, 6) is 2.42. The van der Waals surface area contributed by atoms with Crippen molar-refractivity contribution < 1.29 is 23.7 Å². The van der Waals surface area contributed by atoms with Gasteiger partial charge in [0.05, 0.1) is 39.9 Å². The van der Waals surface area contributed by atoms with Crippen LogP contribution < -0.4 is 24.3 Å². The van der Waals surface area contributed by atoms with E-state index >= 15 is 0 Å². The molecule has 8 heteroatoms. The smallest absolute Gasteiger partial charge is 0.251 e. The zero-order valence-corrected chi connectivity index (χ0v) is 24.8. The van der Waals surface area contributed by atoms with Crippen LogP contribution in [-0.4, -0.2) is 65.9 Å². The van der Waals surface area contributed by atoms with E-state index in [-0.39, 0.29) is 11.8 Å². The van der Waals surface area contributed by atoms with E-state index in [1.54, 1.807) is 34.5 Å². The van der Waals surface area contributed by atoms with Crippen LogP contribution in [0.4, 0.5) is 0 Å². The molecule has 2 rings (SSSR count). The number of carbonyl (C=O) groups is 1. The number of hydrogen-bond donors (Lipinski definition) is 1. The van der Waals surface area contributed by atoms with Crippen molar-refractivity contribution in [3.63, 3.8) is 0 Å². The Bertz CT molecular complexity index is 1130. The summed E-state index contributed by atoms with van der Waals surface area (Å²) in [7, 11) is 8.45. The minimum Gasteiger partial charge on any atom is -0.493 e. The normalized spacial score (nSPS) is 12.5. The first-order valence-corrected chi connectivity index (χ1v) is 13.6. The van der Waals surface area contributed by atoms with Crippen molar-refractivity contribution in [2.45, 2.75) is 51.9 Å². The second kappa shape index (κ2) is 15.2. The summed E-state index contributed by atoms with van der Waals surface area (Å²) < 4.78 is 21.8. The lowest BCUT2D eigenvalue weighted by Gasteiger charge is -2.32. The van der Waals surface area contributed by atoms with Crippen LogP contribution in [0.1, 0.15) is 61.5 Å². The summed E-state index contributed by atoms with van der Waals surface area (Å²) in [5.41, 5.74) is 1.81. The molecule has 2 aromatic carbocycles. The van der Waals surface area contributed by atoms with E-state index in [1.165, 1.54) is 0 Å². The van der Waals surface area contributed by atoms with Crippen LogP contribution in [0.15, 0.2) is 30.3 Å². The Morgan fingerprint density at radius 3 is 2.15 bits per heavy atom. The first-order chi connectivity index (χ1) is 18.7. The van der Waals surface area contributed by atoms with E-state index in [9.17, 15) is 10.1 Å². The Balaban J connectivity index is 2.14. The molecule has 0 bridgehead atoms. The fourth-order valence-electron chi connectivity index (χ4n) is 4.85. The van der Waals surface area contributed by atoms with Gasteiger partial charge in [-0.1, -0.05) is 26.8 Å². The molecule has 0 saturated carbocycles. The third kappa shape index (κ3) is 7.79. The highest BCUT2D eigenvalue weighted by Crippen LogP contribution is 2.40. The molecule has 0 spiro atoms. The average Bonchev–Trinajstić information content (AvgIpc) is 2.95. The van der Waals surface area contributed by atoms with Gasteiger partial charge in [-0.25, -0.2) is 0 Å². The molecule has 0 saturated heterocycles. The molecule has 1 N–H and O–H groups in total. The van der Waals surface area contributed by atoms with Crippen LogP contribution in [0, 0.1) is 17.2 Å². The standard InChI is InChI=1S/C31H45N3O5/c1-9-15-33-30(35)25-20-29(39-8)27(37-6)18-23(25)13-17-34(4)16-10-14-31(21-32,22(2)3)24-11-12-26(36-5)28(19-24)38-7/h11-12,18-20,22H,9-10,13-17H2,1-8H3,(H,33,35). The SMILES string of the molecule is CCCNC(=O)c1cc(OC)c(OC)cc1CCN(C)CCCC(C#N)(c1ccc(OC)c(OC)c1)C(C)C. The molecule has 0 aliphatic rings. The van der Waals surface area contributed by atoms with Gasteiger partial charge in [0.2, 0.25) is 0 Å². The first kappa shape index (κ1) is 31.8. The molecule has 0 aromatic heterocycles. The van der Waals surface area contributed by atoms with Crippen LogP contribution in [0.2, 0.25) is 0 Å². The quantitative estimate of drug-likeness (QED) is 0.312. The summed E-state index contributed by atoms with van der Waals surface area (Å²) in [6.45, 7) is 8.38. The van der Waals surface area contributed by atoms with Gasteiger partial charge >= 0.3 is 0 Å². The second-order valence-electron chi connectivity index (χ2n) is 10.1. The number of amides is 1. The van der Waals surface area contributed by atoms with Gasteiger partial charge in [0.1, 0.15) is 0 Å². The minimum atomic E-state index is -0.645. The summed E-state index contributed by atoms with van der Waals surface area (Å²) >= 11 is 0. The Morgan fingerprint density at radius 1 is 0.974 bits per heavy atom. The number of likely N-dealkylation sites (N-methyl/N-ethyl adjacent to an activating group) is 1. The summed E-state index contributed by atoms with van der Waals surface area (Å²) in [5, 5.41) is 13.3. The lowest BCUT2D eigenvalue weighted by atomic mass is 9.69. The van der Waals surface area contributed by atoms with Crippen LogP contribution >= 0.6 is 0 Å². The first-order valence-electron chi connectivity index (χ1n) is 13.6. The van der Waals surface area contributed by atoms with Crippen molar-refractivity contribution in [3.05, 3.63) is 47.0 Å². The van der Waals surface area contributed by atoms with Crippen molar-refractivity contribution in [2.75, 3.05) is 55.1 Å². The van der Waals surface area contributed by atoms with Crippen LogP contribution in [0.3, 0.4) is 0 Å². The van der Waals surface area contributed by atoms with Gasteiger partial charge < -0.3 is 29.2 Å². The summed E-state index contributed by atoms with van der Waals surface area (Å²) in [4.78, 5) is 15.1. The number of nitriles is 1. The lowest BCUT2D eigenvalue weighted by molar-refractivity contribution is 0.0952. The van der Waals surface area contributed by atoms with Gasteiger partial charge in [-0.3, -0.25) is 4.79 Å². The van der Waals surface area contributed by atoms with E-state index in [0.29, 0.717) is 47.9 Å². The molecule has 0 aliphatic carbocycles. The molecule has 0 heterocycles. The highest BCUT2D eigenvalue weighted by molar-refractivity contribution is 5.96. The molecule has 1 atom stereocenters. The minimum absolute atomic E-state index is 0.110. The van der Waals surface area contributed by atoms with Gasteiger partial charge in [-0.2, -0.15) is 5.26 Å². The number of benzene rings is 2. The van der Waals surface area contributed by atoms with E-state index in [4.69, 9.17) is 18.9 Å². The molecular weight excluding hydrogens is 494 g/mol. The fourth-order valence-corrected chi connectivity index (χ4v) is 4.85. The van der Waals surface area contributed by atoms with E-state index in [1.807, 2.05) is 31.2 Å². The molecule has 1 amide bonds. The maximum atomic E-state index is 12.9. The van der Waals surface area contributed by atoms with Gasteiger partial charge in [0.25, 0.3) is 5.91 Å². The molecule has 0 aliphatic heterocycles. The van der Waals surface area contributed by atoms with Crippen molar-refractivity contribution in [2.24, 2.45) is 5.92 Å². The number of nitrogens with zero attached hydrogens (tertiary/aromatic N) is 2. The van der Waals surface area contributed by atoms with E-state index in [2.05, 4.69) is 37.2 Å². The molecule has 39 heavy (non-hydrogen) atoms. The van der Waals surface area contributed by atoms with Gasteiger partial charge in [0.15, 0.2) is 23.0 Å². The van der Waals surface area contributed by atoms with E-state index < -0.39 is 5.41 Å². The third-order valence-corrected chi connectivity index (χ3v) is 7.35. The van der Waals surface area contributed by atoms with Gasteiger partial charge in [0, 0.05) is 18.7 Å². The zero-order valence-electron chi connectivity index (χ0n) is 24.8. The van der Waals surface area contributed by atoms with Crippen LogP contribution in [0.25, 0.3) is 0 Å². The van der Waals surface area contributed by atoms with E-state index in [0.717, 1.165) is 37.1 Å². The lowest BCUT2D eigenvalue weighted by Crippen LogP contribution is -2.32. The molecular formula is C31H45N3O5. The number of hydrogen-bond acceptors (Lipinski definition) is 7. The van der Waals surface area contributed by atoms with Gasteiger partial charge in [-0.15, -0.1) is 0 Å². The Morgan fingerprint density at radius 2 is 1.59 bits per heavy atom. The van der Waals surface area contributed by atoms with Gasteiger partial charge in [-0.05, 0) is 80.6 Å². The number of ether oxygens (including phenoxy) is 4. The highest BCUT2D eigenvalue weighted by Gasteiger charge is 2.36. The molecule has 2 aromatic rings. The van der Waals surface area contributed by atoms with Crippen LogP contribution in [-0.2, 0) is 11.8 Å². The number of rotatable bonds is 16. The molecule has 0 fully saturated rings. The van der Waals surface area contributed by atoms with Crippen molar-refractivity contribution in [1.29, 1.82) is 5.26 Å². The summed E-state index contributed by atoms with van der Waals surface area (Å²) in [6, 6.07) is 12.0. The Hall–Kier alpha value is -3.44. The fraction of sp³-hybridized carbons (Fsp3) is 0.548. The monoisotopic (exact) mass is 539 g/mol. The maximum absolute atomic E-state index is 12.9. The van der Waals surface area contributed by atoms with Crippen molar-refractivity contribution in [1.82, 2.24) is 10.2 Å². The predicted molar refractivity (Wildman–Crippen MR) is 154 cm³/mol. The van der Waals surface area contributed by atoms with Crippen molar-refractivity contribution >= 4 is 5.91 Å². The zero-order chi connectivity index (χ0) is 29.0. The molecule has 8 nitrogen and oxygen atoms in total. The number of methoxy groups -OCH3 is 4. The highest BCUT2D eigenvalue weighted by atomic mass is 16.5. The number of nitrogens with one attached hydrogen (secondary N) is 1. The molecule has 214 valence electrons. The van der Waals surface area contributed by atoms with Crippen molar-refractivity contribution in [3.8, 4) is 29.1 Å². The maximum Gasteiger partial charge on any atom is 0.251 e. The molecule has 0 radical (unpaired) electrons. The number of carbonyl (C=O) groups excluding carboxylic acids is 1. The molecule has 1 unspecified atom stereocenters. The largest absolute Gasteiger partial charge is 0.493 e. The average molecular weight is 540 g/mol. The Kier molecular flexibility index (Phi) is 12.4. The summed E-state index contributed by atoms with van der Waals surface area (Å²) in [6.07, 6.45) is 3.09. The third-order valence-electron chi connectivity index (χ3n) is 7.35. The predicted octanol–water partition coefficient (Wildman–Crippen LogP) is 5.23. The Labute approximate surface area is 234 Å². The second-order valence-corrected chi connectivity index (χ2v) is 10.1.